The van der Waals surface area contributed by atoms with Crippen molar-refractivity contribution in [2.24, 2.45) is 16.5 Å². The highest BCUT2D eigenvalue weighted by molar-refractivity contribution is 7.89. The number of fused-ring (bicyclic) bond motifs is 1. The number of guanidine groups is 1. The van der Waals surface area contributed by atoms with E-state index in [1.54, 1.807) is 0 Å². The topological polar surface area (TPSA) is 224 Å². The van der Waals surface area contributed by atoms with E-state index >= 15 is 0 Å². The summed E-state index contributed by atoms with van der Waals surface area (Å²) in [5, 5.41) is 10.2. The lowest BCUT2D eigenvalue weighted by atomic mass is 10.1. The van der Waals surface area contributed by atoms with E-state index in [-0.39, 0.29) is 32.6 Å². The van der Waals surface area contributed by atoms with Gasteiger partial charge in [-0.2, -0.15) is 9.71 Å². The number of aromatic nitrogens is 1. The Morgan fingerprint density at radius 3 is 2.37 bits per heavy atom. The van der Waals surface area contributed by atoms with E-state index in [0.29, 0.717) is 10.8 Å². The number of aliphatic imine (C=N–C) groups is 1. The van der Waals surface area contributed by atoms with E-state index in [1.807, 2.05) is 0 Å². The fourth-order valence-corrected chi connectivity index (χ4v) is 3.60. The number of halogens is 1. The van der Waals surface area contributed by atoms with Gasteiger partial charge in [0.15, 0.2) is 11.8 Å². The molecule has 11 nitrogen and oxygen atoms in total. The van der Waals surface area contributed by atoms with Crippen LogP contribution < -0.4 is 16.2 Å². The van der Waals surface area contributed by atoms with E-state index in [2.05, 4.69) is 14.7 Å². The summed E-state index contributed by atoms with van der Waals surface area (Å²) in [6, 6.07) is 4.04. The molecule has 27 heavy (non-hydrogen) atoms. The highest BCUT2D eigenvalue weighted by Gasteiger charge is 2.33. The summed E-state index contributed by atoms with van der Waals surface area (Å²) < 4.78 is 27.1. The summed E-state index contributed by atoms with van der Waals surface area (Å²) in [5.41, 5.74) is 9.01. The maximum atomic E-state index is 12.5. The Bertz CT molecular complexity index is 989. The first-order valence-corrected chi connectivity index (χ1v) is 8.75. The molecular weight excluding hydrogens is 402 g/mol. The number of aliphatic carboxylic acids is 1. The molecule has 2 aromatic rings. The number of hydrogen-bond donors (Lipinski definition) is 4. The molecule has 1 aromatic carbocycles. The fraction of sp³-hybridized carbons (Fsp3) is 0.214. The second-order valence-corrected chi connectivity index (χ2v) is 7.80. The number of nitrogens with one attached hydrogen (secondary N) is 1. The predicted octanol–water partition coefficient (Wildman–Crippen LogP) is -0.715. The molecule has 0 bridgehead atoms. The molecule has 0 spiro atoms. The fourth-order valence-electron chi connectivity index (χ4n) is 1.99. The standard InChI is InChI=1S/C14H16ClN5O4S.2H2O/c1-14(2,12(21)22)20-25(23,24)7-3-4-8-9(5-7)11(19-13(16)17)18-6-10(8)15;;/h3-6,20H,1-2H3,(H,21,22)(H4,16,17,18,19);2*1H2. The van der Waals surface area contributed by atoms with Crippen LogP contribution in [0.5, 0.6) is 0 Å². The molecule has 0 aliphatic carbocycles. The van der Waals surface area contributed by atoms with E-state index < -0.39 is 21.5 Å². The second-order valence-electron chi connectivity index (χ2n) is 5.71. The number of nitrogens with two attached hydrogens (primary N) is 2. The molecule has 0 fully saturated rings. The lowest BCUT2D eigenvalue weighted by Gasteiger charge is -2.21. The number of rotatable bonds is 5. The average molecular weight is 422 g/mol. The molecule has 0 saturated heterocycles. The van der Waals surface area contributed by atoms with Gasteiger partial charge in [0.25, 0.3) is 0 Å². The number of carboxylic acid groups (broad SMARTS) is 1. The molecule has 0 atom stereocenters. The van der Waals surface area contributed by atoms with Crippen LogP contribution in [0.1, 0.15) is 13.8 Å². The molecule has 10 N–H and O–H groups in total. The van der Waals surface area contributed by atoms with Crippen molar-refractivity contribution < 1.29 is 29.3 Å². The molecule has 1 heterocycles. The zero-order chi connectivity index (χ0) is 19.0. The van der Waals surface area contributed by atoms with Crippen molar-refractivity contribution in [1.82, 2.24) is 9.71 Å². The van der Waals surface area contributed by atoms with Crippen LogP contribution in [0.3, 0.4) is 0 Å². The quantitative estimate of drug-likeness (QED) is 0.357. The van der Waals surface area contributed by atoms with Crippen LogP contribution in [0.25, 0.3) is 10.8 Å². The summed E-state index contributed by atoms with van der Waals surface area (Å²) in [7, 11) is -4.13. The Hall–Kier alpha value is -2.51. The molecule has 2 rings (SSSR count). The zero-order valence-electron chi connectivity index (χ0n) is 14.3. The van der Waals surface area contributed by atoms with Crippen molar-refractivity contribution in [3.8, 4) is 0 Å². The van der Waals surface area contributed by atoms with Crippen LogP contribution >= 0.6 is 11.6 Å². The SMILES string of the molecule is CC(C)(NS(=O)(=O)c1ccc2c(Cl)cnc(N=C(N)N)c2c1)C(=O)O.O.O. The van der Waals surface area contributed by atoms with Crippen molar-refractivity contribution in [2.45, 2.75) is 24.3 Å². The first-order chi connectivity index (χ1) is 11.4. The molecule has 0 amide bonds. The second kappa shape index (κ2) is 8.45. The smallest absolute Gasteiger partial charge is 0.324 e. The third kappa shape index (κ3) is 5.24. The number of sulfonamides is 1. The van der Waals surface area contributed by atoms with Crippen molar-refractivity contribution >= 4 is 50.1 Å². The van der Waals surface area contributed by atoms with E-state index in [0.717, 1.165) is 0 Å². The lowest BCUT2D eigenvalue weighted by molar-refractivity contribution is -0.142. The number of benzene rings is 1. The van der Waals surface area contributed by atoms with E-state index in [4.69, 9.17) is 28.2 Å². The van der Waals surface area contributed by atoms with Gasteiger partial charge in [0.2, 0.25) is 10.0 Å². The monoisotopic (exact) mass is 421 g/mol. The number of nitrogens with zero attached hydrogens (tertiary/aromatic N) is 2. The first-order valence-electron chi connectivity index (χ1n) is 6.89. The van der Waals surface area contributed by atoms with Crippen LogP contribution in [-0.4, -0.2) is 46.9 Å². The molecular formula is C14H20ClN5O6S. The van der Waals surface area contributed by atoms with Crippen LogP contribution in [0.4, 0.5) is 5.82 Å². The first kappa shape index (κ1) is 24.5. The van der Waals surface area contributed by atoms with Gasteiger partial charge in [-0.05, 0) is 26.0 Å². The normalized spacial score (nSPS) is 11.2. The van der Waals surface area contributed by atoms with Crippen LogP contribution in [-0.2, 0) is 14.8 Å². The molecule has 0 unspecified atom stereocenters. The molecule has 0 aliphatic rings. The molecule has 1 aromatic heterocycles. The van der Waals surface area contributed by atoms with Crippen molar-refractivity contribution in [1.29, 1.82) is 0 Å². The minimum Gasteiger partial charge on any atom is -0.480 e. The predicted molar refractivity (Wildman–Crippen MR) is 101 cm³/mol. The van der Waals surface area contributed by atoms with Gasteiger partial charge >= 0.3 is 5.97 Å². The largest absolute Gasteiger partial charge is 0.480 e. The Kier molecular flexibility index (Phi) is 7.67. The van der Waals surface area contributed by atoms with Crippen LogP contribution in [0, 0.1) is 0 Å². The summed E-state index contributed by atoms with van der Waals surface area (Å²) in [6.45, 7) is 2.47. The number of hydrogen-bond acceptors (Lipinski definition) is 5. The maximum absolute atomic E-state index is 12.5. The van der Waals surface area contributed by atoms with Gasteiger partial charge in [0.05, 0.1) is 9.92 Å². The van der Waals surface area contributed by atoms with Crippen molar-refractivity contribution in [3.63, 3.8) is 0 Å². The summed E-state index contributed by atoms with van der Waals surface area (Å²) >= 11 is 6.06. The van der Waals surface area contributed by atoms with Gasteiger partial charge in [0, 0.05) is 17.0 Å². The van der Waals surface area contributed by atoms with Crippen LogP contribution in [0.2, 0.25) is 5.02 Å². The molecule has 0 aliphatic heterocycles. The van der Waals surface area contributed by atoms with Gasteiger partial charge in [-0.1, -0.05) is 17.7 Å². The lowest BCUT2D eigenvalue weighted by Crippen LogP contribution is -2.49. The Labute approximate surface area is 159 Å². The zero-order valence-corrected chi connectivity index (χ0v) is 15.9. The Morgan fingerprint density at radius 1 is 1.26 bits per heavy atom. The minimum absolute atomic E-state index is 0. The van der Waals surface area contributed by atoms with Gasteiger partial charge in [0.1, 0.15) is 5.54 Å². The molecule has 0 saturated carbocycles. The van der Waals surface area contributed by atoms with E-state index in [9.17, 15) is 13.2 Å². The van der Waals surface area contributed by atoms with Crippen LogP contribution in [0.15, 0.2) is 34.3 Å². The number of carbonyl (C=O) groups is 1. The van der Waals surface area contributed by atoms with Crippen molar-refractivity contribution in [2.75, 3.05) is 0 Å². The highest BCUT2D eigenvalue weighted by Crippen LogP contribution is 2.31. The van der Waals surface area contributed by atoms with Gasteiger partial charge in [-0.15, -0.1) is 0 Å². The Morgan fingerprint density at radius 2 is 1.85 bits per heavy atom. The van der Waals surface area contributed by atoms with E-state index in [1.165, 1.54) is 38.2 Å². The third-order valence-electron chi connectivity index (χ3n) is 3.26. The Balaban J connectivity index is 0.00000338. The average Bonchev–Trinajstić information content (AvgIpc) is 2.48. The molecule has 13 heteroatoms. The minimum atomic E-state index is -4.13. The number of pyridine rings is 1. The third-order valence-corrected chi connectivity index (χ3v) is 5.21. The van der Waals surface area contributed by atoms with Crippen molar-refractivity contribution in [3.05, 3.63) is 29.4 Å². The van der Waals surface area contributed by atoms with Gasteiger partial charge in [-0.25, -0.2) is 13.4 Å². The summed E-state index contributed by atoms with van der Waals surface area (Å²) in [4.78, 5) is 18.8. The maximum Gasteiger partial charge on any atom is 0.324 e. The summed E-state index contributed by atoms with van der Waals surface area (Å²) in [6.07, 6.45) is 1.34. The molecule has 150 valence electrons. The summed E-state index contributed by atoms with van der Waals surface area (Å²) in [5.74, 6) is -1.48. The highest BCUT2D eigenvalue weighted by atomic mass is 35.5. The molecule has 0 radical (unpaired) electrons. The van der Waals surface area contributed by atoms with Gasteiger partial charge in [-0.3, -0.25) is 4.79 Å². The van der Waals surface area contributed by atoms with Gasteiger partial charge < -0.3 is 27.5 Å². The number of carboxylic acids is 1.